The molecule has 1 aromatic heterocycles. The SMILES string of the molecule is CCN(CC)Cc1c(C)[nH]c(C=C2C(=O)NN=C2OC(C)C)c1C. The monoisotopic (exact) mass is 332 g/mol. The molecule has 0 saturated heterocycles. The molecule has 0 atom stereocenters. The number of hydrazone groups is 1. The number of carbonyl (C=O) groups is 1. The molecule has 24 heavy (non-hydrogen) atoms. The van der Waals surface area contributed by atoms with Crippen LogP contribution in [0.2, 0.25) is 0 Å². The maximum Gasteiger partial charge on any atom is 0.277 e. The van der Waals surface area contributed by atoms with Gasteiger partial charge in [-0.25, -0.2) is 5.43 Å². The number of nitrogens with one attached hydrogen (secondary N) is 2. The predicted octanol–water partition coefficient (Wildman–Crippen LogP) is 2.73. The number of carbonyl (C=O) groups excluding carboxylic acids is 1. The molecule has 1 aliphatic heterocycles. The van der Waals surface area contributed by atoms with Crippen LogP contribution < -0.4 is 5.43 Å². The fourth-order valence-electron chi connectivity index (χ4n) is 2.77. The van der Waals surface area contributed by atoms with Gasteiger partial charge in [0.1, 0.15) is 5.57 Å². The zero-order valence-electron chi connectivity index (χ0n) is 15.5. The molecule has 0 spiro atoms. The summed E-state index contributed by atoms with van der Waals surface area (Å²) < 4.78 is 5.62. The Morgan fingerprint density at radius 2 is 1.92 bits per heavy atom. The van der Waals surface area contributed by atoms with Gasteiger partial charge in [-0.3, -0.25) is 9.69 Å². The third kappa shape index (κ3) is 3.87. The first-order chi connectivity index (χ1) is 11.4. The highest BCUT2D eigenvalue weighted by Gasteiger charge is 2.26. The summed E-state index contributed by atoms with van der Waals surface area (Å²) in [7, 11) is 0. The van der Waals surface area contributed by atoms with Crippen LogP contribution >= 0.6 is 0 Å². The van der Waals surface area contributed by atoms with Gasteiger partial charge in [0.25, 0.3) is 5.91 Å². The minimum absolute atomic E-state index is 0.0375. The maximum absolute atomic E-state index is 12.0. The lowest BCUT2D eigenvalue weighted by molar-refractivity contribution is -0.116. The van der Waals surface area contributed by atoms with E-state index in [1.165, 1.54) is 5.56 Å². The van der Waals surface area contributed by atoms with Gasteiger partial charge in [0.05, 0.1) is 6.10 Å². The van der Waals surface area contributed by atoms with Gasteiger partial charge in [0.15, 0.2) is 0 Å². The Hall–Kier alpha value is -2.08. The lowest BCUT2D eigenvalue weighted by Gasteiger charge is -2.18. The fraction of sp³-hybridized carbons (Fsp3) is 0.556. The molecule has 132 valence electrons. The molecule has 2 heterocycles. The normalized spacial score (nSPS) is 16.2. The summed E-state index contributed by atoms with van der Waals surface area (Å²) in [6, 6.07) is 0. The standard InChI is InChI=1S/C18H28N4O2/c1-7-22(8-2)10-15-12(5)16(19-13(15)6)9-14-17(23)20-21-18(14)24-11(3)4/h9,11,19H,7-8,10H2,1-6H3,(H,20,23). The Bertz CT molecular complexity index is 667. The van der Waals surface area contributed by atoms with Gasteiger partial charge >= 0.3 is 0 Å². The summed E-state index contributed by atoms with van der Waals surface area (Å²) in [5, 5.41) is 3.97. The highest BCUT2D eigenvalue weighted by molar-refractivity contribution is 6.24. The predicted molar refractivity (Wildman–Crippen MR) is 96.7 cm³/mol. The number of nitrogens with zero attached hydrogens (tertiary/aromatic N) is 2. The first-order valence-electron chi connectivity index (χ1n) is 8.54. The second-order valence-electron chi connectivity index (χ2n) is 6.31. The molecular weight excluding hydrogens is 304 g/mol. The molecule has 0 aliphatic carbocycles. The van der Waals surface area contributed by atoms with Crippen molar-refractivity contribution in [2.45, 2.75) is 54.2 Å². The number of rotatable bonds is 6. The van der Waals surface area contributed by atoms with Gasteiger partial charge in [0.2, 0.25) is 5.90 Å². The van der Waals surface area contributed by atoms with Crippen LogP contribution in [0.4, 0.5) is 0 Å². The second kappa shape index (κ2) is 7.66. The number of aryl methyl sites for hydroxylation is 1. The summed E-state index contributed by atoms with van der Waals surface area (Å²) in [5.74, 6) is 0.120. The summed E-state index contributed by atoms with van der Waals surface area (Å²) >= 11 is 0. The molecule has 1 aromatic rings. The Morgan fingerprint density at radius 3 is 2.50 bits per heavy atom. The van der Waals surface area contributed by atoms with Crippen molar-refractivity contribution in [2.75, 3.05) is 13.1 Å². The molecular formula is C18H28N4O2. The number of H-pyrrole nitrogens is 1. The molecule has 0 aromatic carbocycles. The highest BCUT2D eigenvalue weighted by Crippen LogP contribution is 2.23. The van der Waals surface area contributed by atoms with E-state index < -0.39 is 0 Å². The van der Waals surface area contributed by atoms with Gasteiger partial charge in [-0.2, -0.15) is 0 Å². The van der Waals surface area contributed by atoms with E-state index in [0.29, 0.717) is 11.5 Å². The van der Waals surface area contributed by atoms with Gasteiger partial charge in [-0.1, -0.05) is 13.8 Å². The van der Waals surface area contributed by atoms with Crippen molar-refractivity contribution in [3.8, 4) is 0 Å². The first-order valence-corrected chi connectivity index (χ1v) is 8.54. The zero-order valence-corrected chi connectivity index (χ0v) is 15.5. The molecule has 0 bridgehead atoms. The number of amides is 1. The van der Waals surface area contributed by atoms with Gasteiger partial charge < -0.3 is 9.72 Å². The third-order valence-corrected chi connectivity index (χ3v) is 4.28. The van der Waals surface area contributed by atoms with Crippen LogP contribution in [-0.4, -0.2) is 40.9 Å². The molecule has 2 rings (SSSR count). The summed E-state index contributed by atoms with van der Waals surface area (Å²) in [6.45, 7) is 15.2. The average Bonchev–Trinajstić information content (AvgIpc) is 2.99. The molecule has 6 nitrogen and oxygen atoms in total. The third-order valence-electron chi connectivity index (χ3n) is 4.28. The zero-order chi connectivity index (χ0) is 17.9. The molecule has 6 heteroatoms. The van der Waals surface area contributed by atoms with E-state index in [1.54, 1.807) is 0 Å². The average molecular weight is 332 g/mol. The van der Waals surface area contributed by atoms with Crippen molar-refractivity contribution in [1.29, 1.82) is 0 Å². The van der Waals surface area contributed by atoms with Crippen molar-refractivity contribution in [2.24, 2.45) is 5.10 Å². The van der Waals surface area contributed by atoms with Crippen LogP contribution in [0.5, 0.6) is 0 Å². The van der Waals surface area contributed by atoms with Gasteiger partial charge in [0, 0.05) is 17.9 Å². The number of aromatic nitrogens is 1. The van der Waals surface area contributed by atoms with Gasteiger partial charge in [-0.05, 0) is 58.0 Å². The van der Waals surface area contributed by atoms with E-state index in [4.69, 9.17) is 4.74 Å². The summed E-state index contributed by atoms with van der Waals surface area (Å²) in [6.07, 6.45) is 1.79. The summed E-state index contributed by atoms with van der Waals surface area (Å²) in [4.78, 5) is 17.8. The number of hydrogen-bond acceptors (Lipinski definition) is 4. The quantitative estimate of drug-likeness (QED) is 0.787. The van der Waals surface area contributed by atoms with E-state index in [-0.39, 0.29) is 12.0 Å². The molecule has 0 saturated carbocycles. The molecule has 2 N–H and O–H groups in total. The van der Waals surface area contributed by atoms with Crippen LogP contribution in [-0.2, 0) is 16.1 Å². The Kier molecular flexibility index (Phi) is 5.83. The second-order valence-corrected chi connectivity index (χ2v) is 6.31. The largest absolute Gasteiger partial charge is 0.473 e. The van der Waals surface area contributed by atoms with Gasteiger partial charge in [-0.15, -0.1) is 5.10 Å². The molecule has 0 radical (unpaired) electrons. The van der Waals surface area contributed by atoms with E-state index in [9.17, 15) is 4.79 Å². The van der Waals surface area contributed by atoms with Crippen LogP contribution in [0, 0.1) is 13.8 Å². The molecule has 0 fully saturated rings. The number of ether oxygens (including phenoxy) is 1. The smallest absolute Gasteiger partial charge is 0.277 e. The van der Waals surface area contributed by atoms with Crippen molar-refractivity contribution < 1.29 is 9.53 Å². The first kappa shape index (κ1) is 18.3. The van der Waals surface area contributed by atoms with E-state index in [0.717, 1.165) is 36.6 Å². The van der Waals surface area contributed by atoms with E-state index in [1.807, 2.05) is 19.9 Å². The van der Waals surface area contributed by atoms with E-state index >= 15 is 0 Å². The Balaban J connectivity index is 2.32. The Labute approximate surface area is 144 Å². The van der Waals surface area contributed by atoms with Crippen LogP contribution in [0.15, 0.2) is 10.7 Å². The van der Waals surface area contributed by atoms with Crippen LogP contribution in [0.25, 0.3) is 6.08 Å². The van der Waals surface area contributed by atoms with Crippen molar-refractivity contribution in [3.05, 3.63) is 28.1 Å². The molecule has 0 unspecified atom stereocenters. The molecule has 1 aliphatic rings. The Morgan fingerprint density at radius 1 is 1.25 bits per heavy atom. The number of hydrogen-bond donors (Lipinski definition) is 2. The van der Waals surface area contributed by atoms with Crippen molar-refractivity contribution in [3.63, 3.8) is 0 Å². The van der Waals surface area contributed by atoms with Crippen LogP contribution in [0.1, 0.15) is 50.2 Å². The highest BCUT2D eigenvalue weighted by atomic mass is 16.5. The van der Waals surface area contributed by atoms with Crippen molar-refractivity contribution >= 4 is 17.9 Å². The molecule has 1 amide bonds. The van der Waals surface area contributed by atoms with Crippen LogP contribution in [0.3, 0.4) is 0 Å². The summed E-state index contributed by atoms with van der Waals surface area (Å²) in [5.41, 5.74) is 7.44. The van der Waals surface area contributed by atoms with Crippen molar-refractivity contribution in [1.82, 2.24) is 15.3 Å². The maximum atomic E-state index is 12.0. The fourth-order valence-corrected chi connectivity index (χ4v) is 2.77. The minimum Gasteiger partial charge on any atom is -0.473 e. The minimum atomic E-state index is -0.234. The lowest BCUT2D eigenvalue weighted by atomic mass is 10.1. The van der Waals surface area contributed by atoms with E-state index in [2.05, 4.69) is 48.1 Å². The number of aromatic amines is 1. The lowest BCUT2D eigenvalue weighted by Crippen LogP contribution is -2.22. The topological polar surface area (TPSA) is 69.7 Å².